The van der Waals surface area contributed by atoms with E-state index in [1.165, 1.54) is 6.07 Å². The summed E-state index contributed by atoms with van der Waals surface area (Å²) in [6.07, 6.45) is 0. The Bertz CT molecular complexity index is 511. The average molecular weight is 299 g/mol. The Morgan fingerprint density at radius 1 is 1.15 bits per heavy atom. The molecular weight excluding hydrogens is 280 g/mol. The van der Waals surface area contributed by atoms with E-state index < -0.39 is 11.6 Å². The van der Waals surface area contributed by atoms with Crippen LogP contribution in [-0.4, -0.2) is 42.1 Å². The van der Waals surface area contributed by atoms with E-state index in [0.29, 0.717) is 19.1 Å². The number of piperazine rings is 1. The quantitative estimate of drug-likeness (QED) is 0.867. The van der Waals surface area contributed by atoms with Crippen LogP contribution in [0, 0.1) is 11.6 Å². The maximum absolute atomic E-state index is 14.1. The number of halogens is 2. The summed E-state index contributed by atoms with van der Waals surface area (Å²) in [5.41, 5.74) is 5.61. The van der Waals surface area contributed by atoms with Crippen LogP contribution in [0.4, 0.5) is 14.5 Å². The van der Waals surface area contributed by atoms with Crippen molar-refractivity contribution < 1.29 is 8.78 Å². The average Bonchev–Trinajstić information content (AvgIpc) is 2.41. The second-order valence-electron chi connectivity index (χ2n) is 5.24. The Balaban J connectivity index is 2.19. The topological polar surface area (TPSA) is 32.5 Å². The summed E-state index contributed by atoms with van der Waals surface area (Å²) in [5, 5.41) is 0. The zero-order chi connectivity index (χ0) is 14.9. The van der Waals surface area contributed by atoms with Gasteiger partial charge in [-0.15, -0.1) is 0 Å². The van der Waals surface area contributed by atoms with Gasteiger partial charge in [0.25, 0.3) is 0 Å². The van der Waals surface area contributed by atoms with Crippen LogP contribution in [0.5, 0.6) is 0 Å². The first-order valence-electron chi connectivity index (χ1n) is 6.68. The van der Waals surface area contributed by atoms with Crippen molar-refractivity contribution in [3.63, 3.8) is 0 Å². The first-order chi connectivity index (χ1) is 9.41. The lowest BCUT2D eigenvalue weighted by atomic mass is 10.1. The predicted molar refractivity (Wildman–Crippen MR) is 81.2 cm³/mol. The summed E-state index contributed by atoms with van der Waals surface area (Å²) in [4.78, 5) is 4.05. The number of hydrogen-bond acceptors (Lipinski definition) is 3. The third kappa shape index (κ3) is 2.91. The largest absolute Gasteiger partial charge is 0.389 e. The minimum absolute atomic E-state index is 0.0398. The van der Waals surface area contributed by atoms with Gasteiger partial charge in [-0.3, -0.25) is 4.90 Å². The highest BCUT2D eigenvalue weighted by Crippen LogP contribution is 2.25. The highest BCUT2D eigenvalue weighted by molar-refractivity contribution is 7.80. The molecular formula is C14H19F2N3S. The fourth-order valence-electron chi connectivity index (χ4n) is 2.45. The second kappa shape index (κ2) is 6.01. The number of anilines is 1. The molecule has 0 radical (unpaired) electrons. The molecule has 2 rings (SSSR count). The Morgan fingerprint density at radius 2 is 1.75 bits per heavy atom. The SMILES string of the molecule is CC(C)N1CCN(c2ccc(C(N)=S)c(F)c2F)CC1. The molecule has 0 spiro atoms. The van der Waals surface area contributed by atoms with E-state index in [4.69, 9.17) is 18.0 Å². The van der Waals surface area contributed by atoms with Gasteiger partial charge in [0.05, 0.1) is 5.69 Å². The highest BCUT2D eigenvalue weighted by Gasteiger charge is 2.23. The van der Waals surface area contributed by atoms with Gasteiger partial charge in [-0.05, 0) is 26.0 Å². The molecule has 0 unspecified atom stereocenters. The fraction of sp³-hybridized carbons (Fsp3) is 0.500. The van der Waals surface area contributed by atoms with Gasteiger partial charge in [0, 0.05) is 37.8 Å². The number of nitrogens with zero attached hydrogens (tertiary/aromatic N) is 2. The molecule has 0 atom stereocenters. The van der Waals surface area contributed by atoms with E-state index in [1.807, 2.05) is 4.90 Å². The van der Waals surface area contributed by atoms with Crippen molar-refractivity contribution in [2.24, 2.45) is 5.73 Å². The zero-order valence-electron chi connectivity index (χ0n) is 11.7. The van der Waals surface area contributed by atoms with Crippen LogP contribution in [0.3, 0.4) is 0 Å². The van der Waals surface area contributed by atoms with Crippen molar-refractivity contribution in [2.75, 3.05) is 31.1 Å². The van der Waals surface area contributed by atoms with Gasteiger partial charge in [-0.2, -0.15) is 0 Å². The van der Waals surface area contributed by atoms with Gasteiger partial charge >= 0.3 is 0 Å². The third-order valence-corrected chi connectivity index (χ3v) is 3.93. The van der Waals surface area contributed by atoms with Crippen LogP contribution in [0.15, 0.2) is 12.1 Å². The Labute approximate surface area is 123 Å². The van der Waals surface area contributed by atoms with Crippen LogP contribution in [-0.2, 0) is 0 Å². The lowest BCUT2D eigenvalue weighted by Crippen LogP contribution is -2.49. The van der Waals surface area contributed by atoms with E-state index in [2.05, 4.69) is 18.7 Å². The number of benzene rings is 1. The zero-order valence-corrected chi connectivity index (χ0v) is 12.5. The van der Waals surface area contributed by atoms with E-state index in [1.54, 1.807) is 6.07 Å². The van der Waals surface area contributed by atoms with Gasteiger partial charge in [0.2, 0.25) is 0 Å². The normalized spacial score (nSPS) is 16.8. The molecule has 1 aromatic carbocycles. The molecule has 0 aliphatic carbocycles. The first kappa shape index (κ1) is 15.1. The van der Waals surface area contributed by atoms with E-state index in [-0.39, 0.29) is 16.2 Å². The first-order valence-corrected chi connectivity index (χ1v) is 7.09. The van der Waals surface area contributed by atoms with Crippen molar-refractivity contribution in [3.05, 3.63) is 29.3 Å². The fourth-order valence-corrected chi connectivity index (χ4v) is 2.61. The molecule has 0 bridgehead atoms. The van der Waals surface area contributed by atoms with Crippen LogP contribution in [0.1, 0.15) is 19.4 Å². The second-order valence-corrected chi connectivity index (χ2v) is 5.68. The van der Waals surface area contributed by atoms with Gasteiger partial charge in [-0.25, -0.2) is 8.78 Å². The monoisotopic (exact) mass is 299 g/mol. The van der Waals surface area contributed by atoms with Crippen LogP contribution >= 0.6 is 12.2 Å². The molecule has 110 valence electrons. The maximum Gasteiger partial charge on any atom is 0.182 e. The molecule has 0 aromatic heterocycles. The number of hydrogen-bond donors (Lipinski definition) is 1. The van der Waals surface area contributed by atoms with Crippen molar-refractivity contribution in [1.82, 2.24) is 4.90 Å². The molecule has 0 amide bonds. The van der Waals surface area contributed by atoms with Crippen molar-refractivity contribution in [2.45, 2.75) is 19.9 Å². The van der Waals surface area contributed by atoms with Gasteiger partial charge in [-0.1, -0.05) is 12.2 Å². The van der Waals surface area contributed by atoms with Crippen molar-refractivity contribution in [1.29, 1.82) is 0 Å². The third-order valence-electron chi connectivity index (χ3n) is 3.71. The summed E-state index contributed by atoms with van der Waals surface area (Å²) in [6.45, 7) is 7.31. The molecule has 1 aliphatic rings. The molecule has 1 fully saturated rings. The highest BCUT2D eigenvalue weighted by atomic mass is 32.1. The van der Waals surface area contributed by atoms with E-state index in [0.717, 1.165) is 13.1 Å². The van der Waals surface area contributed by atoms with E-state index in [9.17, 15) is 8.78 Å². The standard InChI is InChI=1S/C14H19F2N3S/c1-9(2)18-5-7-19(8-6-18)11-4-3-10(14(17)20)12(15)13(11)16/h3-4,9H,5-8H2,1-2H3,(H2,17,20). The molecule has 0 saturated carbocycles. The Kier molecular flexibility index (Phi) is 4.55. The summed E-state index contributed by atoms with van der Waals surface area (Å²) in [7, 11) is 0. The summed E-state index contributed by atoms with van der Waals surface area (Å²) in [5.74, 6) is -1.82. The maximum atomic E-state index is 14.1. The Hall–Kier alpha value is -1.27. The number of nitrogens with two attached hydrogens (primary N) is 1. The van der Waals surface area contributed by atoms with Crippen molar-refractivity contribution in [3.8, 4) is 0 Å². The molecule has 3 nitrogen and oxygen atoms in total. The molecule has 1 saturated heterocycles. The van der Waals surface area contributed by atoms with Crippen LogP contribution in [0.25, 0.3) is 0 Å². The van der Waals surface area contributed by atoms with Gasteiger partial charge < -0.3 is 10.6 Å². The molecule has 2 N–H and O–H groups in total. The summed E-state index contributed by atoms with van der Waals surface area (Å²) >= 11 is 4.70. The minimum atomic E-state index is -0.957. The lowest BCUT2D eigenvalue weighted by molar-refractivity contribution is 0.209. The number of rotatable bonds is 3. The number of thiocarbonyl (C=S) groups is 1. The molecule has 20 heavy (non-hydrogen) atoms. The van der Waals surface area contributed by atoms with Crippen LogP contribution in [0.2, 0.25) is 0 Å². The van der Waals surface area contributed by atoms with Gasteiger partial charge in [0.1, 0.15) is 4.99 Å². The summed E-state index contributed by atoms with van der Waals surface area (Å²) < 4.78 is 28.0. The molecule has 1 aliphatic heterocycles. The lowest BCUT2D eigenvalue weighted by Gasteiger charge is -2.38. The Morgan fingerprint density at radius 3 is 2.25 bits per heavy atom. The summed E-state index contributed by atoms with van der Waals surface area (Å²) in [6, 6.07) is 3.47. The minimum Gasteiger partial charge on any atom is -0.389 e. The van der Waals surface area contributed by atoms with Crippen LogP contribution < -0.4 is 10.6 Å². The molecule has 1 heterocycles. The molecule has 6 heteroatoms. The van der Waals surface area contributed by atoms with Gasteiger partial charge in [0.15, 0.2) is 11.6 Å². The molecule has 1 aromatic rings. The smallest absolute Gasteiger partial charge is 0.182 e. The van der Waals surface area contributed by atoms with E-state index >= 15 is 0 Å². The predicted octanol–water partition coefficient (Wildman–Crippen LogP) is 2.13. The van der Waals surface area contributed by atoms with Crippen molar-refractivity contribution >= 4 is 22.9 Å².